The Hall–Kier alpha value is -0.540. The highest BCUT2D eigenvalue weighted by molar-refractivity contribution is 9.10. The lowest BCUT2D eigenvalue weighted by atomic mass is 10.1. The topological polar surface area (TPSA) is 15.3 Å². The molecule has 0 aromatic heterocycles. The molecule has 3 heteroatoms. The lowest BCUT2D eigenvalue weighted by Gasteiger charge is -2.22. The molecule has 1 fully saturated rings. The van der Waals surface area contributed by atoms with Crippen LogP contribution >= 0.6 is 15.9 Å². The van der Waals surface area contributed by atoms with Gasteiger partial charge in [-0.3, -0.25) is 0 Å². The average Bonchev–Trinajstić information content (AvgIpc) is 2.73. The molecule has 0 aliphatic carbocycles. The lowest BCUT2D eigenvalue weighted by molar-refractivity contribution is 0.424. The first-order valence-corrected chi connectivity index (χ1v) is 7.93. The Bertz CT molecular complexity index is 437. The van der Waals surface area contributed by atoms with Gasteiger partial charge in [0, 0.05) is 35.3 Å². The van der Waals surface area contributed by atoms with Gasteiger partial charge < -0.3 is 10.2 Å². The second kappa shape index (κ2) is 5.84. The van der Waals surface area contributed by atoms with Crippen molar-refractivity contribution in [1.29, 1.82) is 0 Å². The van der Waals surface area contributed by atoms with Crippen LogP contribution in [0.3, 0.4) is 0 Å². The molecule has 2 nitrogen and oxygen atoms in total. The van der Waals surface area contributed by atoms with Gasteiger partial charge in [-0.15, -0.1) is 0 Å². The lowest BCUT2D eigenvalue weighted by Crippen LogP contribution is -2.35. The predicted molar refractivity (Wildman–Crippen MR) is 86.7 cm³/mol. The van der Waals surface area contributed by atoms with Crippen molar-refractivity contribution < 1.29 is 0 Å². The van der Waals surface area contributed by atoms with Crippen LogP contribution in [-0.2, 0) is 6.54 Å². The fraction of sp³-hybridized carbons (Fsp3) is 0.625. The minimum atomic E-state index is 0.155. The van der Waals surface area contributed by atoms with E-state index in [-0.39, 0.29) is 5.54 Å². The first-order chi connectivity index (χ1) is 8.85. The van der Waals surface area contributed by atoms with Crippen LogP contribution in [0.5, 0.6) is 0 Å². The van der Waals surface area contributed by atoms with Gasteiger partial charge in [0.05, 0.1) is 0 Å². The van der Waals surface area contributed by atoms with Crippen molar-refractivity contribution in [3.63, 3.8) is 0 Å². The van der Waals surface area contributed by atoms with Crippen molar-refractivity contribution >= 4 is 21.6 Å². The normalized spacial score (nSPS) is 20.1. The van der Waals surface area contributed by atoms with Gasteiger partial charge in [0.25, 0.3) is 0 Å². The third-order valence-corrected chi connectivity index (χ3v) is 4.37. The SMILES string of the molecule is CC1CCN(c2ccc(CNC(C)(C)C)c(Br)c2)C1. The van der Waals surface area contributed by atoms with Gasteiger partial charge >= 0.3 is 0 Å². The summed E-state index contributed by atoms with van der Waals surface area (Å²) in [4.78, 5) is 2.48. The maximum absolute atomic E-state index is 3.71. The highest BCUT2D eigenvalue weighted by Crippen LogP contribution is 2.28. The number of benzene rings is 1. The molecule has 0 amide bonds. The van der Waals surface area contributed by atoms with E-state index in [4.69, 9.17) is 0 Å². The van der Waals surface area contributed by atoms with Gasteiger partial charge in [0.2, 0.25) is 0 Å². The fourth-order valence-corrected chi connectivity index (χ4v) is 2.91. The summed E-state index contributed by atoms with van der Waals surface area (Å²) in [6.45, 7) is 12.2. The van der Waals surface area contributed by atoms with Crippen LogP contribution in [-0.4, -0.2) is 18.6 Å². The molecule has 1 N–H and O–H groups in total. The summed E-state index contributed by atoms with van der Waals surface area (Å²) in [5.41, 5.74) is 2.82. The molecular weight excluding hydrogens is 300 g/mol. The quantitative estimate of drug-likeness (QED) is 0.897. The number of nitrogens with zero attached hydrogens (tertiary/aromatic N) is 1. The minimum absolute atomic E-state index is 0.155. The van der Waals surface area contributed by atoms with E-state index >= 15 is 0 Å². The summed E-state index contributed by atoms with van der Waals surface area (Å²) in [5, 5.41) is 3.53. The highest BCUT2D eigenvalue weighted by Gasteiger charge is 2.19. The molecule has 1 heterocycles. The van der Waals surface area contributed by atoms with Gasteiger partial charge in [0.15, 0.2) is 0 Å². The molecule has 0 bridgehead atoms. The zero-order valence-electron chi connectivity index (χ0n) is 12.5. The Kier molecular flexibility index (Phi) is 4.57. The van der Waals surface area contributed by atoms with Crippen molar-refractivity contribution in [2.75, 3.05) is 18.0 Å². The van der Waals surface area contributed by atoms with Gasteiger partial charge in [-0.25, -0.2) is 0 Å². The van der Waals surface area contributed by atoms with E-state index in [2.05, 4.69) is 72.0 Å². The van der Waals surface area contributed by atoms with Crippen LogP contribution in [0.15, 0.2) is 22.7 Å². The van der Waals surface area contributed by atoms with E-state index in [1.54, 1.807) is 0 Å². The van der Waals surface area contributed by atoms with E-state index < -0.39 is 0 Å². The van der Waals surface area contributed by atoms with Gasteiger partial charge in [-0.2, -0.15) is 0 Å². The maximum atomic E-state index is 3.71. The summed E-state index contributed by atoms with van der Waals surface area (Å²) in [5.74, 6) is 0.820. The summed E-state index contributed by atoms with van der Waals surface area (Å²) in [7, 11) is 0. The molecule has 1 aliphatic heterocycles. The molecule has 1 atom stereocenters. The number of rotatable bonds is 3. The van der Waals surface area contributed by atoms with E-state index in [0.29, 0.717) is 0 Å². The third-order valence-electron chi connectivity index (χ3n) is 3.63. The number of hydrogen-bond acceptors (Lipinski definition) is 2. The third kappa shape index (κ3) is 4.22. The first-order valence-electron chi connectivity index (χ1n) is 7.13. The first kappa shape index (κ1) is 14.9. The molecule has 0 spiro atoms. The van der Waals surface area contributed by atoms with Crippen LogP contribution in [0.1, 0.15) is 39.7 Å². The molecule has 1 aromatic carbocycles. The molecule has 0 saturated carbocycles. The molecule has 1 aliphatic rings. The van der Waals surface area contributed by atoms with Crippen LogP contribution in [0, 0.1) is 5.92 Å². The van der Waals surface area contributed by atoms with E-state index in [1.807, 2.05) is 0 Å². The summed E-state index contributed by atoms with van der Waals surface area (Å²) >= 11 is 3.71. The molecule has 1 aromatic rings. The number of nitrogens with one attached hydrogen (secondary N) is 1. The number of anilines is 1. The summed E-state index contributed by atoms with van der Waals surface area (Å²) in [6, 6.07) is 6.75. The Balaban J connectivity index is 2.05. The van der Waals surface area contributed by atoms with Crippen molar-refractivity contribution in [2.45, 2.75) is 46.2 Å². The monoisotopic (exact) mass is 324 g/mol. The van der Waals surface area contributed by atoms with E-state index in [9.17, 15) is 0 Å². The zero-order valence-corrected chi connectivity index (χ0v) is 14.0. The second-order valence-corrected chi connectivity index (χ2v) is 7.57. The van der Waals surface area contributed by atoms with Gasteiger partial charge in [0.1, 0.15) is 0 Å². The molecule has 106 valence electrons. The zero-order chi connectivity index (χ0) is 14.0. The standard InChI is InChI=1S/C16H25BrN2/c1-12-7-8-19(11-12)14-6-5-13(15(17)9-14)10-18-16(2,3)4/h5-6,9,12,18H,7-8,10-11H2,1-4H3. The molecule has 1 saturated heterocycles. The Morgan fingerprint density at radius 3 is 2.63 bits per heavy atom. The van der Waals surface area contributed by atoms with Crippen molar-refractivity contribution in [3.8, 4) is 0 Å². The summed E-state index contributed by atoms with van der Waals surface area (Å²) in [6.07, 6.45) is 1.31. The van der Waals surface area contributed by atoms with Crippen molar-refractivity contribution in [2.24, 2.45) is 5.92 Å². The van der Waals surface area contributed by atoms with E-state index in [0.717, 1.165) is 12.5 Å². The van der Waals surface area contributed by atoms with Gasteiger partial charge in [-0.05, 0) is 50.8 Å². The predicted octanol–water partition coefficient (Wildman–Crippen LogP) is 4.18. The highest BCUT2D eigenvalue weighted by atomic mass is 79.9. The van der Waals surface area contributed by atoms with E-state index in [1.165, 1.54) is 35.2 Å². The molecule has 0 radical (unpaired) electrons. The minimum Gasteiger partial charge on any atom is -0.371 e. The Morgan fingerprint density at radius 2 is 2.11 bits per heavy atom. The number of halogens is 1. The van der Waals surface area contributed by atoms with Crippen LogP contribution in [0.25, 0.3) is 0 Å². The van der Waals surface area contributed by atoms with Gasteiger partial charge in [-0.1, -0.05) is 28.9 Å². The molecule has 19 heavy (non-hydrogen) atoms. The van der Waals surface area contributed by atoms with Crippen LogP contribution in [0.4, 0.5) is 5.69 Å². The Labute approximate surface area is 125 Å². The molecular formula is C16H25BrN2. The largest absolute Gasteiger partial charge is 0.371 e. The van der Waals surface area contributed by atoms with Crippen LogP contribution in [0.2, 0.25) is 0 Å². The van der Waals surface area contributed by atoms with Crippen molar-refractivity contribution in [1.82, 2.24) is 5.32 Å². The number of hydrogen-bond donors (Lipinski definition) is 1. The average molecular weight is 325 g/mol. The fourth-order valence-electron chi connectivity index (χ4n) is 2.41. The molecule has 2 rings (SSSR count). The van der Waals surface area contributed by atoms with Crippen LogP contribution < -0.4 is 10.2 Å². The Morgan fingerprint density at radius 1 is 1.37 bits per heavy atom. The second-order valence-electron chi connectivity index (χ2n) is 6.72. The molecule has 1 unspecified atom stereocenters. The smallest absolute Gasteiger partial charge is 0.0377 e. The van der Waals surface area contributed by atoms with Crippen molar-refractivity contribution in [3.05, 3.63) is 28.2 Å². The maximum Gasteiger partial charge on any atom is 0.0377 e. The summed E-state index contributed by atoms with van der Waals surface area (Å²) < 4.78 is 1.21.